The normalized spacial score (nSPS) is 24.8. The minimum Gasteiger partial charge on any atom is -0.337 e. The summed E-state index contributed by atoms with van der Waals surface area (Å²) in [5.74, 6) is -0.264. The van der Waals surface area contributed by atoms with Crippen LogP contribution in [0.3, 0.4) is 0 Å². The first-order chi connectivity index (χ1) is 11.4. The van der Waals surface area contributed by atoms with Gasteiger partial charge in [-0.05, 0) is 23.6 Å². The third kappa shape index (κ3) is 2.84. The van der Waals surface area contributed by atoms with Gasteiger partial charge in [0.25, 0.3) is 0 Å². The molecule has 0 unspecified atom stereocenters. The van der Waals surface area contributed by atoms with Crippen LogP contribution in [0, 0.1) is 5.92 Å². The maximum atomic E-state index is 13.3. The Balaban J connectivity index is 2.13. The summed E-state index contributed by atoms with van der Waals surface area (Å²) in [5.41, 5.74) is 0.851. The molecule has 1 heterocycles. The van der Waals surface area contributed by atoms with Crippen LogP contribution in [-0.4, -0.2) is 31.5 Å². The lowest BCUT2D eigenvalue weighted by molar-refractivity contribution is -0.136. The van der Waals surface area contributed by atoms with Crippen molar-refractivity contribution in [3.05, 3.63) is 66.2 Å². The van der Waals surface area contributed by atoms with E-state index in [4.69, 9.17) is 0 Å². The largest absolute Gasteiger partial charge is 0.337 e. The molecular formula is C19H21NO3S. The molecule has 0 aromatic heterocycles. The summed E-state index contributed by atoms with van der Waals surface area (Å²) in [4.78, 5) is 14.2. The number of sulfone groups is 1. The highest BCUT2D eigenvalue weighted by Crippen LogP contribution is 2.40. The number of piperidine rings is 1. The van der Waals surface area contributed by atoms with E-state index < -0.39 is 21.1 Å². The molecule has 3 atom stereocenters. The second-order valence-electron chi connectivity index (χ2n) is 6.36. The highest BCUT2D eigenvalue weighted by atomic mass is 32.2. The van der Waals surface area contributed by atoms with Gasteiger partial charge in [0.1, 0.15) is 0 Å². The third-order valence-corrected chi connectivity index (χ3v) is 7.12. The zero-order chi connectivity index (χ0) is 17.3. The highest BCUT2D eigenvalue weighted by molar-refractivity contribution is 7.92. The molecule has 126 valence electrons. The number of amides is 1. The van der Waals surface area contributed by atoms with Crippen LogP contribution in [0.15, 0.2) is 65.6 Å². The van der Waals surface area contributed by atoms with Crippen LogP contribution >= 0.6 is 0 Å². The number of rotatable bonds is 3. The van der Waals surface area contributed by atoms with E-state index in [1.54, 1.807) is 42.3 Å². The Morgan fingerprint density at radius 3 is 2.08 bits per heavy atom. The monoisotopic (exact) mass is 343 g/mol. The van der Waals surface area contributed by atoms with Gasteiger partial charge in [0.05, 0.1) is 16.2 Å². The fraction of sp³-hybridized carbons (Fsp3) is 0.316. The molecule has 2 aromatic rings. The average Bonchev–Trinajstić information content (AvgIpc) is 2.59. The molecule has 4 nitrogen and oxygen atoms in total. The molecular weight excluding hydrogens is 322 g/mol. The summed E-state index contributed by atoms with van der Waals surface area (Å²) >= 11 is 0. The van der Waals surface area contributed by atoms with Gasteiger partial charge in [-0.15, -0.1) is 0 Å². The highest BCUT2D eigenvalue weighted by Gasteiger charge is 2.46. The van der Waals surface area contributed by atoms with Crippen LogP contribution in [0.25, 0.3) is 0 Å². The van der Waals surface area contributed by atoms with Crippen LogP contribution in [0.2, 0.25) is 0 Å². The summed E-state index contributed by atoms with van der Waals surface area (Å²) in [6.45, 7) is 1.85. The lowest BCUT2D eigenvalue weighted by Gasteiger charge is -2.42. The van der Waals surface area contributed by atoms with Gasteiger partial charge in [0.15, 0.2) is 9.84 Å². The standard InChI is InChI=1S/C19H21NO3S/c1-14-13-17(21)20(2)18(15-9-5-3-6-10-15)19(14)24(22,23)16-11-7-4-8-12-16/h3-12,14,18-19H,13H2,1-2H3/t14-,18-,19+/m1/s1. The molecule has 0 bridgehead atoms. The van der Waals surface area contributed by atoms with E-state index >= 15 is 0 Å². The molecule has 0 spiro atoms. The van der Waals surface area contributed by atoms with E-state index in [9.17, 15) is 13.2 Å². The van der Waals surface area contributed by atoms with E-state index in [0.29, 0.717) is 4.90 Å². The van der Waals surface area contributed by atoms with Crippen molar-refractivity contribution in [1.82, 2.24) is 4.90 Å². The number of carbonyl (C=O) groups excluding carboxylic acids is 1. The minimum absolute atomic E-state index is 0.0177. The van der Waals surface area contributed by atoms with Crippen LogP contribution in [0.5, 0.6) is 0 Å². The summed E-state index contributed by atoms with van der Waals surface area (Å²) < 4.78 is 26.6. The van der Waals surface area contributed by atoms with Gasteiger partial charge in [0.2, 0.25) is 5.91 Å². The van der Waals surface area contributed by atoms with Gasteiger partial charge in [-0.2, -0.15) is 0 Å². The molecule has 0 N–H and O–H groups in total. The van der Waals surface area contributed by atoms with Crippen molar-refractivity contribution in [2.24, 2.45) is 5.92 Å². The van der Waals surface area contributed by atoms with E-state index in [0.717, 1.165) is 5.56 Å². The second kappa shape index (κ2) is 6.40. The fourth-order valence-corrected chi connectivity index (χ4v) is 5.77. The van der Waals surface area contributed by atoms with Crippen molar-refractivity contribution >= 4 is 15.7 Å². The van der Waals surface area contributed by atoms with Crippen molar-refractivity contribution < 1.29 is 13.2 Å². The Kier molecular flexibility index (Phi) is 4.45. The van der Waals surface area contributed by atoms with Crippen LogP contribution in [0.1, 0.15) is 24.9 Å². The molecule has 2 aromatic carbocycles. The van der Waals surface area contributed by atoms with E-state index in [1.165, 1.54) is 0 Å². The molecule has 0 saturated carbocycles. The van der Waals surface area contributed by atoms with Gasteiger partial charge in [-0.1, -0.05) is 55.5 Å². The summed E-state index contributed by atoms with van der Waals surface area (Å²) in [6.07, 6.45) is 0.247. The van der Waals surface area contributed by atoms with Crippen molar-refractivity contribution in [3.63, 3.8) is 0 Å². The molecule has 1 fully saturated rings. The van der Waals surface area contributed by atoms with Crippen molar-refractivity contribution in [1.29, 1.82) is 0 Å². The smallest absolute Gasteiger partial charge is 0.223 e. The third-order valence-electron chi connectivity index (χ3n) is 4.75. The number of nitrogens with zero attached hydrogens (tertiary/aromatic N) is 1. The minimum atomic E-state index is -3.56. The zero-order valence-electron chi connectivity index (χ0n) is 13.8. The molecule has 3 rings (SSSR count). The van der Waals surface area contributed by atoms with Gasteiger partial charge in [-0.25, -0.2) is 8.42 Å². The first kappa shape index (κ1) is 16.7. The van der Waals surface area contributed by atoms with Gasteiger partial charge >= 0.3 is 0 Å². The van der Waals surface area contributed by atoms with E-state index in [2.05, 4.69) is 0 Å². The maximum absolute atomic E-state index is 13.3. The predicted octanol–water partition coefficient (Wildman–Crippen LogP) is 3.07. The average molecular weight is 343 g/mol. The fourth-order valence-electron chi connectivity index (χ4n) is 3.53. The lowest BCUT2D eigenvalue weighted by Crippen LogP contribution is -2.50. The molecule has 1 aliphatic heterocycles. The first-order valence-corrected chi connectivity index (χ1v) is 9.57. The first-order valence-electron chi connectivity index (χ1n) is 8.02. The van der Waals surface area contributed by atoms with Crippen LogP contribution < -0.4 is 0 Å². The molecule has 1 aliphatic rings. The van der Waals surface area contributed by atoms with Gasteiger partial charge in [0, 0.05) is 13.5 Å². The Morgan fingerprint density at radius 1 is 0.958 bits per heavy atom. The molecule has 24 heavy (non-hydrogen) atoms. The van der Waals surface area contributed by atoms with Crippen LogP contribution in [0.4, 0.5) is 0 Å². The molecule has 0 aliphatic carbocycles. The summed E-state index contributed by atoms with van der Waals surface area (Å²) in [6, 6.07) is 17.4. The molecule has 0 radical (unpaired) electrons. The van der Waals surface area contributed by atoms with Gasteiger partial charge in [-0.3, -0.25) is 4.79 Å². The number of benzene rings is 2. The van der Waals surface area contributed by atoms with Crippen molar-refractivity contribution in [2.45, 2.75) is 29.5 Å². The van der Waals surface area contributed by atoms with Crippen LogP contribution in [-0.2, 0) is 14.6 Å². The number of likely N-dealkylation sites (tertiary alicyclic amines) is 1. The summed E-state index contributed by atoms with van der Waals surface area (Å²) in [5, 5.41) is -0.662. The molecule has 1 saturated heterocycles. The van der Waals surface area contributed by atoms with E-state index in [-0.39, 0.29) is 18.2 Å². The zero-order valence-corrected chi connectivity index (χ0v) is 14.6. The number of hydrogen-bond donors (Lipinski definition) is 0. The summed E-state index contributed by atoms with van der Waals surface area (Å²) in [7, 11) is -1.86. The SMILES string of the molecule is C[C@@H]1CC(=O)N(C)[C@H](c2ccccc2)[C@H]1S(=O)(=O)c1ccccc1. The quantitative estimate of drug-likeness (QED) is 0.861. The number of carbonyl (C=O) groups is 1. The number of hydrogen-bond acceptors (Lipinski definition) is 3. The Bertz CT molecular complexity index is 818. The predicted molar refractivity (Wildman–Crippen MR) is 93.1 cm³/mol. The molecule has 1 amide bonds. The lowest BCUT2D eigenvalue weighted by atomic mass is 9.87. The molecule has 5 heteroatoms. The Labute approximate surface area is 143 Å². The Morgan fingerprint density at radius 2 is 1.50 bits per heavy atom. The van der Waals surface area contributed by atoms with Crippen molar-refractivity contribution in [3.8, 4) is 0 Å². The van der Waals surface area contributed by atoms with E-state index in [1.807, 2.05) is 37.3 Å². The van der Waals surface area contributed by atoms with Crippen molar-refractivity contribution in [2.75, 3.05) is 7.05 Å². The second-order valence-corrected chi connectivity index (χ2v) is 8.47. The van der Waals surface area contributed by atoms with Gasteiger partial charge < -0.3 is 4.90 Å². The maximum Gasteiger partial charge on any atom is 0.223 e. The Hall–Kier alpha value is -2.14. The topological polar surface area (TPSA) is 54.5 Å².